The molecule has 0 radical (unpaired) electrons. The zero-order valence-corrected chi connectivity index (χ0v) is 14.8. The fourth-order valence-electron chi connectivity index (χ4n) is 2.10. The van der Waals surface area contributed by atoms with Gasteiger partial charge >= 0.3 is 6.03 Å². The van der Waals surface area contributed by atoms with Crippen molar-refractivity contribution in [3.05, 3.63) is 52.5 Å². The Morgan fingerprint density at radius 3 is 2.30 bits per heavy atom. The zero-order valence-electron chi connectivity index (χ0n) is 13.2. The second kappa shape index (κ2) is 7.87. The number of hydrogen-bond acceptors (Lipinski definition) is 3. The number of nitrogens with one attached hydrogen (secondary N) is 2. The molecular formula is C17H19BrN2O3. The van der Waals surface area contributed by atoms with Crippen LogP contribution in [0, 0.1) is 0 Å². The predicted molar refractivity (Wildman–Crippen MR) is 94.3 cm³/mol. The summed E-state index contributed by atoms with van der Waals surface area (Å²) < 4.78 is 11.3. The van der Waals surface area contributed by atoms with Gasteiger partial charge in [-0.15, -0.1) is 0 Å². The number of methoxy groups -OCH3 is 2. The molecule has 5 nitrogen and oxygen atoms in total. The highest BCUT2D eigenvalue weighted by molar-refractivity contribution is 9.10. The summed E-state index contributed by atoms with van der Waals surface area (Å²) in [6, 6.07) is 12.6. The van der Waals surface area contributed by atoms with Gasteiger partial charge in [0.15, 0.2) is 0 Å². The number of rotatable bonds is 5. The van der Waals surface area contributed by atoms with Gasteiger partial charge in [0.25, 0.3) is 0 Å². The van der Waals surface area contributed by atoms with Crippen LogP contribution >= 0.6 is 15.9 Å². The van der Waals surface area contributed by atoms with Crippen molar-refractivity contribution < 1.29 is 14.3 Å². The molecule has 0 spiro atoms. The minimum absolute atomic E-state index is 0.125. The third-order valence-electron chi connectivity index (χ3n) is 3.31. The summed E-state index contributed by atoms with van der Waals surface area (Å²) in [6.45, 7) is 1.92. The fourth-order valence-corrected chi connectivity index (χ4v) is 2.52. The van der Waals surface area contributed by atoms with Crippen LogP contribution < -0.4 is 20.1 Å². The first-order chi connectivity index (χ1) is 11.0. The van der Waals surface area contributed by atoms with E-state index in [1.54, 1.807) is 32.4 Å². The molecule has 0 unspecified atom stereocenters. The Kier molecular flexibility index (Phi) is 5.87. The van der Waals surface area contributed by atoms with Crippen LogP contribution in [0.3, 0.4) is 0 Å². The van der Waals surface area contributed by atoms with Gasteiger partial charge in [-0.3, -0.25) is 0 Å². The Morgan fingerprint density at radius 1 is 1.09 bits per heavy atom. The van der Waals surface area contributed by atoms with Gasteiger partial charge in [-0.25, -0.2) is 4.79 Å². The Bertz CT molecular complexity index is 669. The number of halogens is 1. The highest BCUT2D eigenvalue weighted by Gasteiger charge is 2.11. The second-order valence-corrected chi connectivity index (χ2v) is 5.89. The van der Waals surface area contributed by atoms with Gasteiger partial charge < -0.3 is 20.1 Å². The molecule has 122 valence electrons. The van der Waals surface area contributed by atoms with Gasteiger partial charge in [-0.1, -0.05) is 28.1 Å². The molecule has 0 aliphatic carbocycles. The largest absolute Gasteiger partial charge is 0.497 e. The third-order valence-corrected chi connectivity index (χ3v) is 3.80. The molecule has 0 saturated carbocycles. The number of benzene rings is 2. The number of ether oxygens (including phenoxy) is 2. The van der Waals surface area contributed by atoms with Crippen LogP contribution in [0.15, 0.2) is 46.9 Å². The molecule has 0 aromatic heterocycles. The van der Waals surface area contributed by atoms with E-state index in [0.29, 0.717) is 17.2 Å². The van der Waals surface area contributed by atoms with Crippen molar-refractivity contribution >= 4 is 27.6 Å². The van der Waals surface area contributed by atoms with Gasteiger partial charge in [-0.2, -0.15) is 0 Å². The van der Waals surface area contributed by atoms with Crippen LogP contribution in [0.5, 0.6) is 11.5 Å². The molecule has 0 aliphatic rings. The first-order valence-corrected chi connectivity index (χ1v) is 7.87. The zero-order chi connectivity index (χ0) is 16.8. The molecule has 0 aliphatic heterocycles. The molecule has 23 heavy (non-hydrogen) atoms. The Morgan fingerprint density at radius 2 is 1.74 bits per heavy atom. The summed E-state index contributed by atoms with van der Waals surface area (Å²) in [5, 5.41) is 5.68. The molecule has 2 rings (SSSR count). The number of carbonyl (C=O) groups is 1. The van der Waals surface area contributed by atoms with Crippen LogP contribution in [0.2, 0.25) is 0 Å². The smallest absolute Gasteiger partial charge is 0.319 e. The van der Waals surface area contributed by atoms with Crippen LogP contribution in [0.4, 0.5) is 10.5 Å². The summed E-state index contributed by atoms with van der Waals surface area (Å²) in [6.07, 6.45) is 0. The van der Waals surface area contributed by atoms with Gasteiger partial charge in [0.05, 0.1) is 20.3 Å². The van der Waals surface area contributed by atoms with Gasteiger partial charge in [-0.05, 0) is 24.6 Å². The van der Waals surface area contributed by atoms with Crippen molar-refractivity contribution in [2.45, 2.75) is 13.0 Å². The van der Waals surface area contributed by atoms with Crippen LogP contribution in [-0.4, -0.2) is 20.3 Å². The van der Waals surface area contributed by atoms with Crippen molar-refractivity contribution in [1.29, 1.82) is 0 Å². The maximum atomic E-state index is 12.2. The lowest BCUT2D eigenvalue weighted by atomic mass is 10.1. The number of amides is 2. The standard InChI is InChI=1S/C17H19BrN2O3/c1-11(12-5-4-6-13(18)7-12)19-17(21)20-14-8-15(22-2)10-16(9-14)23-3/h4-11H,1-3H3,(H2,19,20,21)/t11-/m0/s1. The van der Waals surface area contributed by atoms with E-state index in [2.05, 4.69) is 26.6 Å². The number of urea groups is 1. The average molecular weight is 379 g/mol. The molecule has 2 amide bonds. The summed E-state index contributed by atoms with van der Waals surface area (Å²) in [4.78, 5) is 12.2. The SMILES string of the molecule is COc1cc(NC(=O)N[C@@H](C)c2cccc(Br)c2)cc(OC)c1. The molecule has 2 N–H and O–H groups in total. The molecule has 1 atom stereocenters. The summed E-state index contributed by atoms with van der Waals surface area (Å²) >= 11 is 3.43. The van der Waals surface area contributed by atoms with E-state index >= 15 is 0 Å². The van der Waals surface area contributed by atoms with E-state index in [9.17, 15) is 4.79 Å². The van der Waals surface area contributed by atoms with Crippen molar-refractivity contribution in [2.75, 3.05) is 19.5 Å². The summed E-state index contributed by atoms with van der Waals surface area (Å²) in [5.74, 6) is 1.22. The molecular weight excluding hydrogens is 360 g/mol. The Labute approximate surface area is 144 Å². The van der Waals surface area contributed by atoms with E-state index in [1.807, 2.05) is 31.2 Å². The van der Waals surface area contributed by atoms with Crippen molar-refractivity contribution in [3.8, 4) is 11.5 Å². The molecule has 0 bridgehead atoms. The van der Waals surface area contributed by atoms with Crippen molar-refractivity contribution in [1.82, 2.24) is 5.32 Å². The number of carbonyl (C=O) groups excluding carboxylic acids is 1. The molecule has 0 saturated heterocycles. The van der Waals surface area contributed by atoms with E-state index < -0.39 is 0 Å². The first kappa shape index (κ1) is 17.1. The van der Waals surface area contributed by atoms with Gasteiger partial charge in [0.2, 0.25) is 0 Å². The normalized spacial score (nSPS) is 11.5. The van der Waals surface area contributed by atoms with E-state index in [-0.39, 0.29) is 12.1 Å². The highest BCUT2D eigenvalue weighted by atomic mass is 79.9. The summed E-state index contributed by atoms with van der Waals surface area (Å²) in [7, 11) is 3.13. The number of anilines is 1. The Hall–Kier alpha value is -2.21. The third kappa shape index (κ3) is 4.89. The average Bonchev–Trinajstić information content (AvgIpc) is 2.54. The van der Waals surface area contributed by atoms with E-state index in [0.717, 1.165) is 10.0 Å². The lowest BCUT2D eigenvalue weighted by Gasteiger charge is -2.16. The van der Waals surface area contributed by atoms with E-state index in [1.165, 1.54) is 0 Å². The number of hydrogen-bond donors (Lipinski definition) is 2. The minimum Gasteiger partial charge on any atom is -0.497 e. The molecule has 2 aromatic rings. The highest BCUT2D eigenvalue weighted by Crippen LogP contribution is 2.26. The molecule has 0 fully saturated rings. The topological polar surface area (TPSA) is 59.6 Å². The quantitative estimate of drug-likeness (QED) is 0.812. The maximum absolute atomic E-state index is 12.2. The molecule has 6 heteroatoms. The fraction of sp³-hybridized carbons (Fsp3) is 0.235. The van der Waals surface area contributed by atoms with Crippen LogP contribution in [0.25, 0.3) is 0 Å². The summed E-state index contributed by atoms with van der Waals surface area (Å²) in [5.41, 5.74) is 1.61. The maximum Gasteiger partial charge on any atom is 0.319 e. The monoisotopic (exact) mass is 378 g/mol. The van der Waals surface area contributed by atoms with Gasteiger partial charge in [0.1, 0.15) is 11.5 Å². The van der Waals surface area contributed by atoms with Crippen molar-refractivity contribution in [3.63, 3.8) is 0 Å². The lowest BCUT2D eigenvalue weighted by Crippen LogP contribution is -2.31. The first-order valence-electron chi connectivity index (χ1n) is 7.08. The predicted octanol–water partition coefficient (Wildman–Crippen LogP) is 4.35. The lowest BCUT2D eigenvalue weighted by molar-refractivity contribution is 0.249. The van der Waals surface area contributed by atoms with Crippen LogP contribution in [-0.2, 0) is 0 Å². The second-order valence-electron chi connectivity index (χ2n) is 4.98. The van der Waals surface area contributed by atoms with Crippen LogP contribution in [0.1, 0.15) is 18.5 Å². The Balaban J connectivity index is 2.04. The molecule has 0 heterocycles. The minimum atomic E-state index is -0.298. The molecule has 2 aromatic carbocycles. The van der Waals surface area contributed by atoms with E-state index in [4.69, 9.17) is 9.47 Å². The van der Waals surface area contributed by atoms with Crippen molar-refractivity contribution in [2.24, 2.45) is 0 Å². The van der Waals surface area contributed by atoms with Gasteiger partial charge in [0, 0.05) is 28.4 Å².